The Labute approximate surface area is 153 Å². The van der Waals surface area contributed by atoms with E-state index in [4.69, 9.17) is 10.2 Å². The molecule has 3 rings (SSSR count). The Hall–Kier alpha value is -1.93. The van der Waals surface area contributed by atoms with Gasteiger partial charge in [-0.1, -0.05) is 23.9 Å². The third-order valence-electron chi connectivity index (χ3n) is 4.39. The highest BCUT2D eigenvalue weighted by atomic mass is 32.2. The average molecular weight is 384 g/mol. The second-order valence-electron chi connectivity index (χ2n) is 6.66. The first-order valence-electron chi connectivity index (χ1n) is 8.18. The number of hydrogen-bond acceptors (Lipinski definition) is 4. The van der Waals surface area contributed by atoms with Crippen LogP contribution >= 0.6 is 11.8 Å². The third-order valence-corrected chi connectivity index (χ3v) is 5.38. The number of furan rings is 1. The van der Waals surface area contributed by atoms with Crippen molar-refractivity contribution in [3.63, 3.8) is 0 Å². The molecule has 0 atom stereocenters. The zero-order valence-electron chi connectivity index (χ0n) is 14.2. The lowest BCUT2D eigenvalue weighted by atomic mass is 9.91. The molecular weight excluding hydrogens is 365 g/mol. The lowest BCUT2D eigenvalue weighted by Gasteiger charge is -2.36. The first-order valence-corrected chi connectivity index (χ1v) is 8.99. The maximum atomic E-state index is 13.1. The number of likely N-dealkylation sites (tertiary alicyclic amines) is 1. The fraction of sp³-hybridized carbons (Fsp3) is 0.389. The minimum absolute atomic E-state index is 0.0326. The van der Waals surface area contributed by atoms with Crippen molar-refractivity contribution >= 4 is 17.7 Å². The molecule has 0 aliphatic carbocycles. The lowest BCUT2D eigenvalue weighted by molar-refractivity contribution is -0.139. The molecule has 140 valence electrons. The minimum Gasteiger partial charge on any atom is -0.444 e. The molecule has 2 N–H and O–H groups in total. The van der Waals surface area contributed by atoms with Crippen LogP contribution in [0, 0.1) is 0 Å². The van der Waals surface area contributed by atoms with Crippen LogP contribution in [-0.4, -0.2) is 29.4 Å². The van der Waals surface area contributed by atoms with Crippen molar-refractivity contribution in [2.24, 2.45) is 5.73 Å². The van der Waals surface area contributed by atoms with Crippen LogP contribution in [-0.2, 0) is 6.18 Å². The highest BCUT2D eigenvalue weighted by Gasteiger charge is 2.34. The van der Waals surface area contributed by atoms with Crippen molar-refractivity contribution in [3.8, 4) is 0 Å². The molecule has 2 aromatic rings. The molecule has 1 aromatic heterocycles. The molecule has 4 nitrogen and oxygen atoms in total. The van der Waals surface area contributed by atoms with Crippen LogP contribution in [0.15, 0.2) is 50.8 Å². The third kappa shape index (κ3) is 4.24. The summed E-state index contributed by atoms with van der Waals surface area (Å²) in [5.74, 6) is -0.144. The number of amides is 1. The molecule has 1 fully saturated rings. The monoisotopic (exact) mass is 384 g/mol. The molecule has 1 aliphatic rings. The summed E-state index contributed by atoms with van der Waals surface area (Å²) in [6.07, 6.45) is -3.06. The molecule has 0 unspecified atom stereocenters. The predicted octanol–water partition coefficient (Wildman–Crippen LogP) is 4.40. The van der Waals surface area contributed by atoms with Gasteiger partial charge in [0.15, 0.2) is 10.9 Å². The predicted molar refractivity (Wildman–Crippen MR) is 92.0 cm³/mol. The average Bonchev–Trinajstić information content (AvgIpc) is 3.02. The number of benzene rings is 1. The number of carbonyl (C=O) groups is 1. The van der Waals surface area contributed by atoms with Crippen LogP contribution in [0.25, 0.3) is 0 Å². The van der Waals surface area contributed by atoms with Crippen molar-refractivity contribution in [2.45, 2.75) is 41.5 Å². The van der Waals surface area contributed by atoms with E-state index in [-0.39, 0.29) is 27.2 Å². The van der Waals surface area contributed by atoms with E-state index >= 15 is 0 Å². The molecule has 2 heterocycles. The van der Waals surface area contributed by atoms with Crippen LogP contribution in [0.2, 0.25) is 0 Å². The summed E-state index contributed by atoms with van der Waals surface area (Å²) >= 11 is 0.848. The molecule has 1 aliphatic heterocycles. The first-order chi connectivity index (χ1) is 12.2. The quantitative estimate of drug-likeness (QED) is 0.852. The second kappa shape index (κ2) is 7.00. The number of halogens is 3. The van der Waals surface area contributed by atoms with Gasteiger partial charge in [-0.05, 0) is 44.0 Å². The van der Waals surface area contributed by atoms with E-state index in [1.807, 2.05) is 6.92 Å². The SMILES string of the molecule is CC1(N)CCN(C(=O)c2ccc(Sc3ccccc3C(F)(F)F)o2)CC1. The molecule has 1 saturated heterocycles. The first kappa shape index (κ1) is 18.8. The zero-order valence-corrected chi connectivity index (χ0v) is 15.0. The van der Waals surface area contributed by atoms with Crippen molar-refractivity contribution in [1.29, 1.82) is 0 Å². The van der Waals surface area contributed by atoms with E-state index in [1.54, 1.807) is 4.90 Å². The number of alkyl halides is 3. The number of piperidine rings is 1. The number of nitrogens with zero attached hydrogens (tertiary/aromatic N) is 1. The fourth-order valence-corrected chi connectivity index (χ4v) is 3.69. The summed E-state index contributed by atoms with van der Waals surface area (Å²) < 4.78 is 44.7. The molecular formula is C18H19F3N2O2S. The summed E-state index contributed by atoms with van der Waals surface area (Å²) in [6.45, 7) is 3.02. The standard InChI is InChI=1S/C18H19F3N2O2S/c1-17(22)8-10-23(11-9-17)16(24)13-6-7-15(25-13)26-14-5-3-2-4-12(14)18(19,20)21/h2-7H,8-11,22H2,1H3. The largest absolute Gasteiger partial charge is 0.444 e. The Kier molecular flexibility index (Phi) is 5.07. The topological polar surface area (TPSA) is 59.5 Å². The van der Waals surface area contributed by atoms with E-state index in [2.05, 4.69) is 0 Å². The lowest BCUT2D eigenvalue weighted by Crippen LogP contribution is -2.49. The van der Waals surface area contributed by atoms with E-state index in [0.29, 0.717) is 25.9 Å². The highest BCUT2D eigenvalue weighted by Crippen LogP contribution is 2.39. The number of hydrogen-bond donors (Lipinski definition) is 1. The van der Waals surface area contributed by atoms with Gasteiger partial charge in [0.2, 0.25) is 0 Å². The normalized spacial score (nSPS) is 17.3. The summed E-state index contributed by atoms with van der Waals surface area (Å²) in [5.41, 5.74) is 5.06. The molecule has 1 aromatic carbocycles. The second-order valence-corrected chi connectivity index (χ2v) is 7.71. The van der Waals surface area contributed by atoms with Gasteiger partial charge in [0, 0.05) is 23.5 Å². The fourth-order valence-electron chi connectivity index (χ4n) is 2.76. The molecule has 0 spiro atoms. The van der Waals surface area contributed by atoms with Crippen LogP contribution in [0.5, 0.6) is 0 Å². The highest BCUT2D eigenvalue weighted by molar-refractivity contribution is 7.99. The van der Waals surface area contributed by atoms with E-state index in [0.717, 1.165) is 17.8 Å². The minimum atomic E-state index is -4.45. The van der Waals surface area contributed by atoms with Gasteiger partial charge in [-0.25, -0.2) is 0 Å². The summed E-state index contributed by atoms with van der Waals surface area (Å²) in [7, 11) is 0. The van der Waals surface area contributed by atoms with Crippen molar-refractivity contribution in [2.75, 3.05) is 13.1 Å². The Morgan fingerprint density at radius 3 is 2.50 bits per heavy atom. The van der Waals surface area contributed by atoms with Gasteiger partial charge in [0.25, 0.3) is 5.91 Å². The summed E-state index contributed by atoms with van der Waals surface area (Å²) in [5, 5.41) is 0.241. The molecule has 0 radical (unpaired) electrons. The number of nitrogens with two attached hydrogens (primary N) is 1. The zero-order chi connectivity index (χ0) is 18.9. The van der Waals surface area contributed by atoms with Crippen molar-refractivity contribution in [3.05, 3.63) is 47.7 Å². The van der Waals surface area contributed by atoms with Gasteiger partial charge in [-0.15, -0.1) is 0 Å². The Morgan fingerprint density at radius 2 is 1.85 bits per heavy atom. The molecule has 26 heavy (non-hydrogen) atoms. The van der Waals surface area contributed by atoms with Gasteiger partial charge in [-0.3, -0.25) is 4.79 Å². The van der Waals surface area contributed by atoms with E-state index in [9.17, 15) is 18.0 Å². The summed E-state index contributed by atoms with van der Waals surface area (Å²) in [4.78, 5) is 14.2. The number of rotatable bonds is 3. The maximum absolute atomic E-state index is 13.1. The van der Waals surface area contributed by atoms with Gasteiger partial charge in [0.05, 0.1) is 5.56 Å². The van der Waals surface area contributed by atoms with Crippen LogP contribution in [0.1, 0.15) is 35.9 Å². The molecule has 0 saturated carbocycles. The van der Waals surface area contributed by atoms with E-state index < -0.39 is 11.7 Å². The molecule has 1 amide bonds. The molecule has 8 heteroatoms. The van der Waals surface area contributed by atoms with Crippen molar-refractivity contribution < 1.29 is 22.4 Å². The Balaban J connectivity index is 1.72. The maximum Gasteiger partial charge on any atom is 0.417 e. The van der Waals surface area contributed by atoms with Gasteiger partial charge < -0.3 is 15.1 Å². The van der Waals surface area contributed by atoms with Gasteiger partial charge >= 0.3 is 6.18 Å². The smallest absolute Gasteiger partial charge is 0.417 e. The van der Waals surface area contributed by atoms with Gasteiger partial charge in [0.1, 0.15) is 0 Å². The molecule has 0 bridgehead atoms. The van der Waals surface area contributed by atoms with Crippen molar-refractivity contribution in [1.82, 2.24) is 4.90 Å². The van der Waals surface area contributed by atoms with Crippen LogP contribution in [0.3, 0.4) is 0 Å². The van der Waals surface area contributed by atoms with Crippen LogP contribution in [0.4, 0.5) is 13.2 Å². The number of carbonyl (C=O) groups excluding carboxylic acids is 1. The van der Waals surface area contributed by atoms with E-state index in [1.165, 1.54) is 30.3 Å². The Bertz CT molecular complexity index is 792. The van der Waals surface area contributed by atoms with Gasteiger partial charge in [-0.2, -0.15) is 13.2 Å². The van der Waals surface area contributed by atoms with Crippen LogP contribution < -0.4 is 5.73 Å². The Morgan fingerprint density at radius 1 is 1.19 bits per heavy atom. The summed E-state index contributed by atoms with van der Waals surface area (Å²) in [6, 6.07) is 8.29.